The van der Waals surface area contributed by atoms with E-state index in [1.54, 1.807) is 6.08 Å². The molecule has 150 valence electrons. The number of carbonyl (C=O) groups is 1. The Labute approximate surface area is 170 Å². The molecule has 1 aromatic heterocycles. The predicted octanol–water partition coefficient (Wildman–Crippen LogP) is 1.88. The number of nitrogens with zero attached hydrogens (tertiary/aromatic N) is 4. The van der Waals surface area contributed by atoms with E-state index >= 15 is 0 Å². The van der Waals surface area contributed by atoms with Gasteiger partial charge in [0.25, 0.3) is 0 Å². The van der Waals surface area contributed by atoms with Crippen LogP contribution < -0.4 is 5.32 Å². The van der Waals surface area contributed by atoms with Crippen molar-refractivity contribution in [3.8, 4) is 0 Å². The van der Waals surface area contributed by atoms with Gasteiger partial charge in [-0.25, -0.2) is 0 Å². The summed E-state index contributed by atoms with van der Waals surface area (Å²) in [5.74, 6) is 1.09. The average Bonchev–Trinajstić information content (AvgIpc) is 3.06. The number of carbonyl (C=O) groups excluding carboxylic acids is 1. The van der Waals surface area contributed by atoms with Crippen LogP contribution in [0.4, 0.5) is 0 Å². The van der Waals surface area contributed by atoms with Gasteiger partial charge < -0.3 is 14.6 Å². The van der Waals surface area contributed by atoms with Gasteiger partial charge in [-0.15, -0.1) is 16.8 Å². The Morgan fingerprint density at radius 2 is 2.21 bits per heavy atom. The molecule has 0 bridgehead atoms. The number of ether oxygens (including phenoxy) is 1. The standard InChI is InChI=1S/C20H27N5O2S/c1-3-9-25-16(2)22-23-20(25)28-15-19(26)21-12-18-14-24(10-11-27-18)13-17-7-5-4-6-8-17/h3-8,18H,1,9-15H2,2H3,(H,21,26). The van der Waals surface area contributed by atoms with Crippen LogP contribution in [0.15, 0.2) is 48.1 Å². The lowest BCUT2D eigenvalue weighted by Gasteiger charge is -2.33. The van der Waals surface area contributed by atoms with Crippen LogP contribution in [0.3, 0.4) is 0 Å². The third kappa shape index (κ3) is 5.92. The van der Waals surface area contributed by atoms with E-state index in [-0.39, 0.29) is 12.0 Å². The van der Waals surface area contributed by atoms with Crippen LogP contribution in [0, 0.1) is 6.92 Å². The Hall–Kier alpha value is -2.16. The summed E-state index contributed by atoms with van der Waals surface area (Å²) in [7, 11) is 0. The lowest BCUT2D eigenvalue weighted by atomic mass is 10.2. The molecule has 0 aliphatic carbocycles. The molecule has 1 saturated heterocycles. The zero-order chi connectivity index (χ0) is 19.8. The number of allylic oxidation sites excluding steroid dienone is 1. The van der Waals surface area contributed by atoms with Crippen LogP contribution in [0.25, 0.3) is 0 Å². The highest BCUT2D eigenvalue weighted by atomic mass is 32.2. The average molecular weight is 402 g/mol. The maximum atomic E-state index is 12.2. The number of morpholine rings is 1. The molecule has 0 spiro atoms. The van der Waals surface area contributed by atoms with Gasteiger partial charge in [0.1, 0.15) is 5.82 Å². The summed E-state index contributed by atoms with van der Waals surface area (Å²) in [6, 6.07) is 10.4. The minimum Gasteiger partial charge on any atom is -0.374 e. The van der Waals surface area contributed by atoms with Crippen molar-refractivity contribution < 1.29 is 9.53 Å². The minimum atomic E-state index is -0.0282. The van der Waals surface area contributed by atoms with Crippen LogP contribution >= 0.6 is 11.8 Å². The molecule has 8 heteroatoms. The molecular weight excluding hydrogens is 374 g/mol. The quantitative estimate of drug-likeness (QED) is 0.511. The van der Waals surface area contributed by atoms with Gasteiger partial charge in [-0.1, -0.05) is 48.2 Å². The first-order valence-electron chi connectivity index (χ1n) is 9.43. The molecule has 2 aromatic rings. The highest BCUT2D eigenvalue weighted by molar-refractivity contribution is 7.99. The number of hydrogen-bond donors (Lipinski definition) is 1. The highest BCUT2D eigenvalue weighted by Gasteiger charge is 2.21. The number of thioether (sulfide) groups is 1. The van der Waals surface area contributed by atoms with Gasteiger partial charge in [0.05, 0.1) is 18.5 Å². The Balaban J connectivity index is 1.41. The third-order valence-corrected chi connectivity index (χ3v) is 5.51. The van der Waals surface area contributed by atoms with Crippen molar-refractivity contribution in [3.05, 3.63) is 54.4 Å². The normalized spacial score (nSPS) is 17.4. The number of nitrogens with one attached hydrogen (secondary N) is 1. The van der Waals surface area contributed by atoms with Crippen molar-refractivity contribution in [1.29, 1.82) is 0 Å². The summed E-state index contributed by atoms with van der Waals surface area (Å²) in [6.45, 7) is 10.1. The maximum Gasteiger partial charge on any atom is 0.230 e. The summed E-state index contributed by atoms with van der Waals surface area (Å²) in [5, 5.41) is 11.9. The van der Waals surface area contributed by atoms with E-state index < -0.39 is 0 Å². The molecule has 1 N–H and O–H groups in total. The summed E-state index contributed by atoms with van der Waals surface area (Å²) in [5.41, 5.74) is 1.29. The summed E-state index contributed by atoms with van der Waals surface area (Å²) in [6.07, 6.45) is 1.81. The van der Waals surface area contributed by atoms with Gasteiger partial charge in [0, 0.05) is 32.7 Å². The van der Waals surface area contributed by atoms with Crippen molar-refractivity contribution in [2.24, 2.45) is 0 Å². The second-order valence-electron chi connectivity index (χ2n) is 6.74. The van der Waals surface area contributed by atoms with Gasteiger partial charge in [-0.05, 0) is 12.5 Å². The molecule has 1 aromatic carbocycles. The molecule has 1 fully saturated rings. The lowest BCUT2D eigenvalue weighted by Crippen LogP contribution is -2.47. The van der Waals surface area contributed by atoms with E-state index in [1.807, 2.05) is 17.6 Å². The fourth-order valence-corrected chi connectivity index (χ4v) is 3.93. The molecule has 1 amide bonds. The van der Waals surface area contributed by atoms with Gasteiger partial charge in [-0.3, -0.25) is 9.69 Å². The Morgan fingerprint density at radius 1 is 1.39 bits per heavy atom. The Bertz CT molecular complexity index is 780. The SMILES string of the molecule is C=CCn1c(C)nnc1SCC(=O)NCC1CN(Cc2ccccc2)CCO1. The van der Waals surface area contributed by atoms with Crippen LogP contribution in [-0.4, -0.2) is 63.7 Å². The van der Waals surface area contributed by atoms with Gasteiger partial charge >= 0.3 is 0 Å². The first-order valence-corrected chi connectivity index (χ1v) is 10.4. The Morgan fingerprint density at radius 3 is 3.00 bits per heavy atom. The number of benzene rings is 1. The highest BCUT2D eigenvalue weighted by Crippen LogP contribution is 2.16. The summed E-state index contributed by atoms with van der Waals surface area (Å²) in [4.78, 5) is 14.6. The predicted molar refractivity (Wildman–Crippen MR) is 110 cm³/mol. The molecule has 28 heavy (non-hydrogen) atoms. The smallest absolute Gasteiger partial charge is 0.230 e. The van der Waals surface area contributed by atoms with Crippen molar-refractivity contribution in [2.75, 3.05) is 32.0 Å². The zero-order valence-electron chi connectivity index (χ0n) is 16.2. The molecule has 0 saturated carbocycles. The van der Waals surface area contributed by atoms with E-state index in [4.69, 9.17) is 4.74 Å². The van der Waals surface area contributed by atoms with E-state index in [2.05, 4.69) is 51.3 Å². The molecule has 1 aliphatic rings. The first kappa shape index (κ1) is 20.6. The Kier molecular flexibility index (Phi) is 7.64. The van der Waals surface area contributed by atoms with E-state index in [0.717, 1.165) is 30.6 Å². The molecular formula is C20H27N5O2S. The van der Waals surface area contributed by atoms with Crippen molar-refractivity contribution in [2.45, 2.75) is 31.3 Å². The topological polar surface area (TPSA) is 72.3 Å². The second-order valence-corrected chi connectivity index (χ2v) is 7.68. The largest absolute Gasteiger partial charge is 0.374 e. The molecule has 2 heterocycles. The van der Waals surface area contributed by atoms with Gasteiger partial charge in [0.2, 0.25) is 5.91 Å². The monoisotopic (exact) mass is 401 g/mol. The molecule has 3 rings (SSSR count). The number of aromatic nitrogens is 3. The number of hydrogen-bond acceptors (Lipinski definition) is 6. The van der Waals surface area contributed by atoms with Gasteiger partial charge in [0.15, 0.2) is 5.16 Å². The van der Waals surface area contributed by atoms with Crippen molar-refractivity contribution in [3.63, 3.8) is 0 Å². The molecule has 1 unspecified atom stereocenters. The van der Waals surface area contributed by atoms with E-state index in [9.17, 15) is 4.79 Å². The lowest BCUT2D eigenvalue weighted by molar-refractivity contribution is -0.119. The third-order valence-electron chi connectivity index (χ3n) is 4.54. The molecule has 0 radical (unpaired) electrons. The minimum absolute atomic E-state index is 0.0121. The number of aryl methyl sites for hydroxylation is 1. The van der Waals surface area contributed by atoms with Crippen molar-refractivity contribution in [1.82, 2.24) is 25.0 Å². The van der Waals surface area contributed by atoms with Crippen LogP contribution in [0.5, 0.6) is 0 Å². The molecule has 1 atom stereocenters. The number of amides is 1. The first-order chi connectivity index (χ1) is 13.7. The zero-order valence-corrected chi connectivity index (χ0v) is 17.0. The fraction of sp³-hybridized carbons (Fsp3) is 0.450. The summed E-state index contributed by atoms with van der Waals surface area (Å²) < 4.78 is 7.75. The second kappa shape index (κ2) is 10.4. The fourth-order valence-electron chi connectivity index (χ4n) is 3.11. The van der Waals surface area contributed by atoms with E-state index in [0.29, 0.717) is 25.4 Å². The van der Waals surface area contributed by atoms with Crippen LogP contribution in [-0.2, 0) is 22.6 Å². The summed E-state index contributed by atoms with van der Waals surface area (Å²) >= 11 is 1.38. The maximum absolute atomic E-state index is 12.2. The van der Waals surface area contributed by atoms with Gasteiger partial charge in [-0.2, -0.15) is 0 Å². The van der Waals surface area contributed by atoms with Crippen LogP contribution in [0.2, 0.25) is 0 Å². The number of rotatable bonds is 9. The van der Waals surface area contributed by atoms with E-state index in [1.165, 1.54) is 17.3 Å². The van der Waals surface area contributed by atoms with Crippen molar-refractivity contribution >= 4 is 17.7 Å². The molecule has 7 nitrogen and oxygen atoms in total. The van der Waals surface area contributed by atoms with Crippen LogP contribution in [0.1, 0.15) is 11.4 Å². The molecule has 1 aliphatic heterocycles.